The number of thioether (sulfide) groups is 1. The highest BCUT2D eigenvalue weighted by Crippen LogP contribution is 2.03. The molecular formula is C10H14ClN3OS. The van der Waals surface area contributed by atoms with Crippen molar-refractivity contribution in [1.82, 2.24) is 15.3 Å². The molecule has 4 nitrogen and oxygen atoms in total. The first-order valence-electron chi connectivity index (χ1n) is 4.91. The van der Waals surface area contributed by atoms with Crippen LogP contribution in [0, 0.1) is 0 Å². The fourth-order valence-corrected chi connectivity index (χ4v) is 1.78. The van der Waals surface area contributed by atoms with Crippen molar-refractivity contribution in [1.29, 1.82) is 0 Å². The van der Waals surface area contributed by atoms with E-state index in [0.29, 0.717) is 5.69 Å². The van der Waals surface area contributed by atoms with E-state index in [1.54, 1.807) is 11.8 Å². The second kappa shape index (κ2) is 6.70. The third kappa shape index (κ3) is 4.37. The molecule has 0 aliphatic carbocycles. The Kier molecular flexibility index (Phi) is 5.55. The minimum Gasteiger partial charge on any atom is -0.348 e. The molecule has 1 heterocycles. The van der Waals surface area contributed by atoms with Gasteiger partial charge in [-0.1, -0.05) is 11.6 Å². The van der Waals surface area contributed by atoms with Crippen molar-refractivity contribution in [2.45, 2.75) is 19.4 Å². The highest BCUT2D eigenvalue weighted by molar-refractivity contribution is 7.98. The molecule has 0 saturated carbocycles. The third-order valence-electron chi connectivity index (χ3n) is 1.99. The van der Waals surface area contributed by atoms with E-state index in [-0.39, 0.29) is 17.1 Å². The maximum absolute atomic E-state index is 11.7. The van der Waals surface area contributed by atoms with Gasteiger partial charge < -0.3 is 5.32 Å². The van der Waals surface area contributed by atoms with Crippen molar-refractivity contribution in [3.8, 4) is 0 Å². The number of halogens is 1. The first-order valence-corrected chi connectivity index (χ1v) is 6.68. The summed E-state index contributed by atoms with van der Waals surface area (Å²) in [6.45, 7) is 1.97. The van der Waals surface area contributed by atoms with Gasteiger partial charge in [-0.2, -0.15) is 11.8 Å². The molecule has 6 heteroatoms. The minimum absolute atomic E-state index is 0.137. The SMILES string of the molecule is CSCCC(C)NC(=O)c1cnc(Cl)cn1. The van der Waals surface area contributed by atoms with E-state index in [4.69, 9.17) is 11.6 Å². The quantitative estimate of drug-likeness (QED) is 0.879. The molecule has 0 saturated heterocycles. The maximum Gasteiger partial charge on any atom is 0.271 e. The molecule has 1 amide bonds. The van der Waals surface area contributed by atoms with Gasteiger partial charge in [0.15, 0.2) is 0 Å². The van der Waals surface area contributed by atoms with Crippen LogP contribution in [0.4, 0.5) is 0 Å². The summed E-state index contributed by atoms with van der Waals surface area (Å²) in [5.74, 6) is 0.811. The van der Waals surface area contributed by atoms with Crippen LogP contribution >= 0.6 is 23.4 Å². The van der Waals surface area contributed by atoms with Crippen LogP contribution in [-0.4, -0.2) is 33.9 Å². The van der Waals surface area contributed by atoms with Crippen molar-refractivity contribution < 1.29 is 4.79 Å². The second-order valence-corrected chi connectivity index (χ2v) is 4.75. The average molecular weight is 260 g/mol. The van der Waals surface area contributed by atoms with Gasteiger partial charge in [0.25, 0.3) is 5.91 Å². The van der Waals surface area contributed by atoms with E-state index in [9.17, 15) is 4.79 Å². The van der Waals surface area contributed by atoms with Crippen LogP contribution in [0.3, 0.4) is 0 Å². The van der Waals surface area contributed by atoms with Gasteiger partial charge in [0.2, 0.25) is 0 Å². The zero-order chi connectivity index (χ0) is 12.0. The van der Waals surface area contributed by atoms with Gasteiger partial charge in [-0.05, 0) is 25.4 Å². The van der Waals surface area contributed by atoms with Gasteiger partial charge in [0, 0.05) is 6.04 Å². The minimum atomic E-state index is -0.210. The van der Waals surface area contributed by atoms with Gasteiger partial charge >= 0.3 is 0 Å². The molecule has 0 bridgehead atoms. The second-order valence-electron chi connectivity index (χ2n) is 3.38. The largest absolute Gasteiger partial charge is 0.348 e. The molecule has 0 spiro atoms. The first-order chi connectivity index (χ1) is 7.63. The zero-order valence-corrected chi connectivity index (χ0v) is 10.8. The van der Waals surface area contributed by atoms with Crippen LogP contribution in [0.1, 0.15) is 23.8 Å². The van der Waals surface area contributed by atoms with Gasteiger partial charge in [-0.25, -0.2) is 9.97 Å². The van der Waals surface area contributed by atoms with Gasteiger partial charge in [0.05, 0.1) is 12.4 Å². The number of hydrogen-bond acceptors (Lipinski definition) is 4. The lowest BCUT2D eigenvalue weighted by Gasteiger charge is -2.12. The predicted molar refractivity (Wildman–Crippen MR) is 67.0 cm³/mol. The Hall–Kier alpha value is -0.810. The number of nitrogens with one attached hydrogen (secondary N) is 1. The van der Waals surface area contributed by atoms with Crippen molar-refractivity contribution in [3.05, 3.63) is 23.2 Å². The number of rotatable bonds is 5. The summed E-state index contributed by atoms with van der Waals surface area (Å²) in [6, 6.07) is 0.137. The summed E-state index contributed by atoms with van der Waals surface area (Å²) in [5.41, 5.74) is 0.292. The highest BCUT2D eigenvalue weighted by atomic mass is 35.5. The lowest BCUT2D eigenvalue weighted by atomic mass is 10.2. The van der Waals surface area contributed by atoms with Crippen molar-refractivity contribution in [3.63, 3.8) is 0 Å². The number of carbonyl (C=O) groups is 1. The number of carbonyl (C=O) groups excluding carboxylic acids is 1. The molecule has 16 heavy (non-hydrogen) atoms. The standard InChI is InChI=1S/C10H14ClN3OS/c1-7(3-4-16-2)14-10(15)8-5-13-9(11)6-12-8/h5-7H,3-4H2,1-2H3,(H,14,15). The molecule has 0 aliphatic rings. The summed E-state index contributed by atoms with van der Waals surface area (Å²) in [4.78, 5) is 19.4. The van der Waals surface area contributed by atoms with Gasteiger partial charge in [-0.3, -0.25) is 4.79 Å². The predicted octanol–water partition coefficient (Wildman–Crippen LogP) is 2.00. The molecule has 1 aromatic rings. The van der Waals surface area contributed by atoms with Crippen molar-refractivity contribution >= 4 is 29.3 Å². The summed E-state index contributed by atoms with van der Waals surface area (Å²) in [5, 5.41) is 3.14. The van der Waals surface area contributed by atoms with E-state index in [1.807, 2.05) is 13.2 Å². The van der Waals surface area contributed by atoms with Crippen LogP contribution < -0.4 is 5.32 Å². The van der Waals surface area contributed by atoms with Gasteiger partial charge in [-0.15, -0.1) is 0 Å². The average Bonchev–Trinajstić information content (AvgIpc) is 2.27. The zero-order valence-electron chi connectivity index (χ0n) is 9.24. The van der Waals surface area contributed by atoms with Crippen LogP contribution in [0.25, 0.3) is 0 Å². The summed E-state index contributed by atoms with van der Waals surface area (Å²) in [6.07, 6.45) is 5.72. The van der Waals surface area contributed by atoms with Crippen LogP contribution in [0.5, 0.6) is 0 Å². The molecular weight excluding hydrogens is 246 g/mol. The Morgan fingerprint density at radius 1 is 1.56 bits per heavy atom. The van der Waals surface area contributed by atoms with E-state index in [1.165, 1.54) is 12.4 Å². The third-order valence-corrected chi connectivity index (χ3v) is 2.82. The molecule has 1 aromatic heterocycles. The lowest BCUT2D eigenvalue weighted by molar-refractivity contribution is 0.0934. The Labute approximate surface area is 104 Å². The molecule has 88 valence electrons. The number of nitrogens with zero attached hydrogens (tertiary/aromatic N) is 2. The van der Waals surface area contributed by atoms with Gasteiger partial charge in [0.1, 0.15) is 10.8 Å². The monoisotopic (exact) mass is 259 g/mol. The Bertz CT molecular complexity index is 344. The van der Waals surface area contributed by atoms with E-state index in [0.717, 1.165) is 12.2 Å². The van der Waals surface area contributed by atoms with E-state index < -0.39 is 0 Å². The van der Waals surface area contributed by atoms with Crippen LogP contribution in [0.15, 0.2) is 12.4 Å². The van der Waals surface area contributed by atoms with E-state index >= 15 is 0 Å². The fraction of sp³-hybridized carbons (Fsp3) is 0.500. The van der Waals surface area contributed by atoms with E-state index in [2.05, 4.69) is 15.3 Å². The number of amides is 1. The molecule has 0 aromatic carbocycles. The molecule has 1 atom stereocenters. The molecule has 0 aliphatic heterocycles. The van der Waals surface area contributed by atoms with Crippen LogP contribution in [-0.2, 0) is 0 Å². The summed E-state index contributed by atoms with van der Waals surface area (Å²) in [7, 11) is 0. The Morgan fingerprint density at radius 2 is 2.31 bits per heavy atom. The van der Waals surface area contributed by atoms with Crippen LogP contribution in [0.2, 0.25) is 5.15 Å². The molecule has 0 fully saturated rings. The normalized spacial score (nSPS) is 12.2. The first kappa shape index (κ1) is 13.3. The molecule has 0 radical (unpaired) electrons. The number of hydrogen-bond donors (Lipinski definition) is 1. The van der Waals surface area contributed by atoms with Crippen molar-refractivity contribution in [2.75, 3.05) is 12.0 Å². The Balaban J connectivity index is 2.48. The molecule has 1 rings (SSSR count). The fourth-order valence-electron chi connectivity index (χ4n) is 1.09. The van der Waals surface area contributed by atoms with Crippen molar-refractivity contribution in [2.24, 2.45) is 0 Å². The lowest BCUT2D eigenvalue weighted by Crippen LogP contribution is -2.33. The smallest absolute Gasteiger partial charge is 0.271 e. The topological polar surface area (TPSA) is 54.9 Å². The summed E-state index contributed by atoms with van der Waals surface area (Å²) >= 11 is 7.34. The highest BCUT2D eigenvalue weighted by Gasteiger charge is 2.10. The maximum atomic E-state index is 11.7. The Morgan fingerprint density at radius 3 is 2.88 bits per heavy atom. The molecule has 1 N–H and O–H groups in total. The molecule has 1 unspecified atom stereocenters. The summed E-state index contributed by atoms with van der Waals surface area (Å²) < 4.78 is 0. The number of aromatic nitrogens is 2.